The molecule has 0 bridgehead atoms. The molecule has 0 radical (unpaired) electrons. The minimum absolute atomic E-state index is 0.0564. The number of hydrogen-bond acceptors (Lipinski definition) is 5. The quantitative estimate of drug-likeness (QED) is 0.359. The summed E-state index contributed by atoms with van der Waals surface area (Å²) in [5.74, 6) is 5.99. The van der Waals surface area contributed by atoms with Crippen LogP contribution in [0.2, 0.25) is 0 Å². The van der Waals surface area contributed by atoms with Crippen LogP contribution < -0.4 is 11.1 Å². The molecule has 0 fully saturated rings. The molecule has 196 valence electrons. The van der Waals surface area contributed by atoms with Crippen molar-refractivity contribution in [2.45, 2.75) is 33.1 Å². The standard InChI is InChI=1S/C28H27F3N6O/c1-5-37-15-21(24-25(32)33-16-34-26(24)37)9-8-18-12-19(7-6-17(18)2)27(38)35-22-11-10-20(14-36(3)4)23(13-22)28(29,30)31/h6-7,10-13,15-16H,5,14H2,1-4H3,(H,35,38)(H2,32,33,34). The van der Waals surface area contributed by atoms with E-state index in [4.69, 9.17) is 5.73 Å². The second-order valence-corrected chi connectivity index (χ2v) is 9.13. The van der Waals surface area contributed by atoms with Crippen LogP contribution in [0.3, 0.4) is 0 Å². The van der Waals surface area contributed by atoms with Gasteiger partial charge in [-0.25, -0.2) is 9.97 Å². The van der Waals surface area contributed by atoms with Crippen molar-refractivity contribution in [3.63, 3.8) is 0 Å². The first-order valence-electron chi connectivity index (χ1n) is 11.9. The molecule has 0 saturated heterocycles. The van der Waals surface area contributed by atoms with Crippen LogP contribution in [0.25, 0.3) is 11.0 Å². The van der Waals surface area contributed by atoms with E-state index in [0.29, 0.717) is 34.5 Å². The number of carbonyl (C=O) groups is 1. The molecule has 2 heterocycles. The van der Waals surface area contributed by atoms with Gasteiger partial charge in [0, 0.05) is 36.1 Å². The highest BCUT2D eigenvalue weighted by atomic mass is 19.4. The SMILES string of the molecule is CCn1cc(C#Cc2cc(C(=O)Nc3ccc(CN(C)C)c(C(F)(F)F)c3)ccc2C)c2c(N)ncnc21. The molecule has 4 aromatic rings. The largest absolute Gasteiger partial charge is 0.416 e. The number of amides is 1. The lowest BCUT2D eigenvalue weighted by atomic mass is 10.0. The smallest absolute Gasteiger partial charge is 0.383 e. The summed E-state index contributed by atoms with van der Waals surface area (Å²) >= 11 is 0. The number of anilines is 2. The molecular formula is C28H27F3N6O. The zero-order valence-electron chi connectivity index (χ0n) is 21.4. The predicted molar refractivity (Wildman–Crippen MR) is 142 cm³/mol. The van der Waals surface area contributed by atoms with E-state index >= 15 is 0 Å². The lowest BCUT2D eigenvalue weighted by molar-refractivity contribution is -0.138. The maximum Gasteiger partial charge on any atom is 0.416 e. The molecule has 1 amide bonds. The van der Waals surface area contributed by atoms with Gasteiger partial charge in [-0.2, -0.15) is 13.2 Å². The molecule has 0 unspecified atom stereocenters. The van der Waals surface area contributed by atoms with E-state index in [1.165, 1.54) is 18.5 Å². The molecule has 0 aliphatic carbocycles. The van der Waals surface area contributed by atoms with Crippen molar-refractivity contribution in [1.29, 1.82) is 0 Å². The average molecular weight is 521 g/mol. The van der Waals surface area contributed by atoms with Gasteiger partial charge >= 0.3 is 6.18 Å². The lowest BCUT2D eigenvalue weighted by Gasteiger charge is -2.18. The molecule has 10 heteroatoms. The van der Waals surface area contributed by atoms with Gasteiger partial charge < -0.3 is 20.5 Å². The molecule has 3 N–H and O–H groups in total. The lowest BCUT2D eigenvalue weighted by Crippen LogP contribution is -2.18. The van der Waals surface area contributed by atoms with Crippen molar-refractivity contribution >= 4 is 28.4 Å². The van der Waals surface area contributed by atoms with Crippen molar-refractivity contribution in [3.8, 4) is 11.8 Å². The zero-order valence-corrected chi connectivity index (χ0v) is 21.4. The first-order valence-corrected chi connectivity index (χ1v) is 11.9. The van der Waals surface area contributed by atoms with Crippen molar-refractivity contribution in [1.82, 2.24) is 19.4 Å². The third-order valence-electron chi connectivity index (χ3n) is 6.01. The van der Waals surface area contributed by atoms with Crippen LogP contribution in [0.5, 0.6) is 0 Å². The van der Waals surface area contributed by atoms with Crippen LogP contribution in [-0.2, 0) is 19.3 Å². The second-order valence-electron chi connectivity index (χ2n) is 9.13. The number of nitrogens with two attached hydrogens (primary N) is 1. The summed E-state index contributed by atoms with van der Waals surface area (Å²) in [7, 11) is 3.39. The first-order chi connectivity index (χ1) is 18.0. The molecule has 7 nitrogen and oxygen atoms in total. The molecule has 2 aromatic heterocycles. The number of alkyl halides is 3. The Morgan fingerprint density at radius 2 is 1.84 bits per heavy atom. The minimum atomic E-state index is -4.55. The normalized spacial score (nSPS) is 11.5. The maximum absolute atomic E-state index is 13.6. The Bertz CT molecular complexity index is 1580. The van der Waals surface area contributed by atoms with E-state index < -0.39 is 17.6 Å². The molecule has 0 aliphatic rings. The van der Waals surface area contributed by atoms with Gasteiger partial charge in [0.1, 0.15) is 17.8 Å². The number of hydrogen-bond donors (Lipinski definition) is 2. The zero-order chi connectivity index (χ0) is 27.6. The van der Waals surface area contributed by atoms with E-state index in [2.05, 4.69) is 27.1 Å². The van der Waals surface area contributed by atoms with Crippen LogP contribution >= 0.6 is 0 Å². The van der Waals surface area contributed by atoms with E-state index in [-0.39, 0.29) is 23.4 Å². The molecule has 0 saturated carbocycles. The van der Waals surface area contributed by atoms with Crippen LogP contribution in [0.4, 0.5) is 24.7 Å². The van der Waals surface area contributed by atoms with Gasteiger partial charge in [-0.05, 0) is 63.3 Å². The first kappa shape index (κ1) is 26.7. The molecule has 38 heavy (non-hydrogen) atoms. The fourth-order valence-electron chi connectivity index (χ4n) is 4.12. The summed E-state index contributed by atoms with van der Waals surface area (Å²) < 4.78 is 42.9. The minimum Gasteiger partial charge on any atom is -0.383 e. The highest BCUT2D eigenvalue weighted by Crippen LogP contribution is 2.34. The number of rotatable bonds is 5. The molecule has 0 atom stereocenters. The van der Waals surface area contributed by atoms with Gasteiger partial charge in [-0.15, -0.1) is 0 Å². The monoisotopic (exact) mass is 520 g/mol. The van der Waals surface area contributed by atoms with Gasteiger partial charge in [0.2, 0.25) is 0 Å². The van der Waals surface area contributed by atoms with Crippen molar-refractivity contribution in [2.24, 2.45) is 0 Å². The number of nitrogen functional groups attached to an aromatic ring is 1. The Balaban J connectivity index is 1.63. The number of halogens is 3. The van der Waals surface area contributed by atoms with Crippen molar-refractivity contribution in [2.75, 3.05) is 25.1 Å². The summed E-state index contributed by atoms with van der Waals surface area (Å²) in [6, 6.07) is 8.77. The number of nitrogens with zero attached hydrogens (tertiary/aromatic N) is 4. The van der Waals surface area contributed by atoms with E-state index in [1.54, 1.807) is 37.2 Å². The highest BCUT2D eigenvalue weighted by Gasteiger charge is 2.33. The van der Waals surface area contributed by atoms with Gasteiger partial charge in [0.25, 0.3) is 5.91 Å². The third-order valence-corrected chi connectivity index (χ3v) is 6.01. The Labute approximate surface area is 218 Å². The molecule has 0 spiro atoms. The van der Waals surface area contributed by atoms with Crippen LogP contribution in [-0.4, -0.2) is 39.4 Å². The number of fused-ring (bicyclic) bond motifs is 1. The third kappa shape index (κ3) is 5.63. The summed E-state index contributed by atoms with van der Waals surface area (Å²) in [5.41, 5.74) is 8.52. The summed E-state index contributed by atoms with van der Waals surface area (Å²) in [6.07, 6.45) is -1.29. The Kier molecular flexibility index (Phi) is 7.41. The van der Waals surface area contributed by atoms with E-state index in [9.17, 15) is 18.0 Å². The van der Waals surface area contributed by atoms with Crippen LogP contribution in [0, 0.1) is 18.8 Å². The fourth-order valence-corrected chi connectivity index (χ4v) is 4.12. The number of aromatic nitrogens is 3. The average Bonchev–Trinajstić information content (AvgIpc) is 3.22. The van der Waals surface area contributed by atoms with Gasteiger partial charge in [0.05, 0.1) is 16.5 Å². The summed E-state index contributed by atoms with van der Waals surface area (Å²) in [5, 5.41) is 3.24. The van der Waals surface area contributed by atoms with Gasteiger partial charge in [-0.1, -0.05) is 24.0 Å². The Morgan fingerprint density at radius 1 is 1.11 bits per heavy atom. The summed E-state index contributed by atoms with van der Waals surface area (Å²) in [6.45, 7) is 4.64. The molecular weight excluding hydrogens is 493 g/mol. The maximum atomic E-state index is 13.6. The number of benzene rings is 2. The van der Waals surface area contributed by atoms with Crippen LogP contribution in [0.15, 0.2) is 48.9 Å². The number of aryl methyl sites for hydroxylation is 2. The van der Waals surface area contributed by atoms with Gasteiger partial charge in [-0.3, -0.25) is 4.79 Å². The van der Waals surface area contributed by atoms with Crippen molar-refractivity contribution < 1.29 is 18.0 Å². The topological polar surface area (TPSA) is 89.1 Å². The predicted octanol–water partition coefficient (Wildman–Crippen LogP) is 5.07. The molecule has 4 rings (SSSR count). The summed E-state index contributed by atoms with van der Waals surface area (Å²) in [4.78, 5) is 23.0. The fraction of sp³-hybridized carbons (Fsp3) is 0.250. The second kappa shape index (κ2) is 10.6. The molecule has 2 aromatic carbocycles. The van der Waals surface area contributed by atoms with Crippen molar-refractivity contribution in [3.05, 3.63) is 82.3 Å². The van der Waals surface area contributed by atoms with Gasteiger partial charge in [0.15, 0.2) is 0 Å². The Morgan fingerprint density at radius 3 is 2.53 bits per heavy atom. The van der Waals surface area contributed by atoms with Crippen LogP contribution in [0.1, 0.15) is 45.1 Å². The number of carbonyl (C=O) groups excluding carboxylic acids is 1. The Hall–Kier alpha value is -4.36. The highest BCUT2D eigenvalue weighted by molar-refractivity contribution is 6.04. The number of nitrogens with one attached hydrogen (secondary N) is 1. The van der Waals surface area contributed by atoms with E-state index in [0.717, 1.165) is 11.6 Å². The van der Waals surface area contributed by atoms with E-state index in [1.807, 2.05) is 24.6 Å². The molecule has 0 aliphatic heterocycles.